The van der Waals surface area contributed by atoms with Crippen LogP contribution >= 0.6 is 11.6 Å². The van der Waals surface area contributed by atoms with E-state index < -0.39 is 11.0 Å². The number of nitrogens with zero attached hydrogens (tertiary/aromatic N) is 4. The van der Waals surface area contributed by atoms with Gasteiger partial charge in [-0.05, 0) is 20.8 Å². The summed E-state index contributed by atoms with van der Waals surface area (Å²) in [5.74, 6) is 0.892. The zero-order chi connectivity index (χ0) is 21.5. The predicted molar refractivity (Wildman–Crippen MR) is 115 cm³/mol. The quantitative estimate of drug-likeness (QED) is 0.601. The molecule has 0 spiro atoms. The Morgan fingerprint density at radius 3 is 2.57 bits per heavy atom. The lowest BCUT2D eigenvalue weighted by Crippen LogP contribution is -2.46. The van der Waals surface area contributed by atoms with Crippen LogP contribution in [0, 0.1) is 0 Å². The molecule has 5 atom stereocenters. The van der Waals surface area contributed by atoms with E-state index >= 15 is 0 Å². The molecule has 2 aromatic rings. The maximum Gasteiger partial charge on any atom is 0.229 e. The van der Waals surface area contributed by atoms with E-state index in [9.17, 15) is 4.21 Å². The van der Waals surface area contributed by atoms with Crippen LogP contribution < -0.4 is 15.4 Å². The molecule has 0 saturated carbocycles. The fraction of sp³-hybridized carbons (Fsp3) is 0.611. The molecule has 0 amide bonds. The second-order valence-electron chi connectivity index (χ2n) is 8.37. The van der Waals surface area contributed by atoms with Crippen LogP contribution in [0.1, 0.15) is 20.8 Å². The molecular weight excluding hydrogens is 430 g/mol. The first-order valence-corrected chi connectivity index (χ1v) is 11.2. The highest BCUT2D eigenvalue weighted by Crippen LogP contribution is 2.31. The molecule has 2 aliphatic rings. The van der Waals surface area contributed by atoms with Crippen molar-refractivity contribution >= 4 is 40.0 Å². The lowest BCUT2D eigenvalue weighted by Gasteiger charge is -2.23. The average Bonchev–Trinajstić information content (AvgIpc) is 3.36. The van der Waals surface area contributed by atoms with Gasteiger partial charge in [0.05, 0.1) is 59.1 Å². The standard InChI is InChI=1S/C18H26ClN7O3S/c1-18(2,3)30(27)25-13-9-29-14-12(8-28-15(13)14)23-16-11(19)6-20-17(24-16)22-10-5-21-26(4)7-10/h5-7,12-15,25H,8-9H2,1-4H3,(H2,20,22,23,24)/t12-,13+,14?,15?,30?/m1/s1. The summed E-state index contributed by atoms with van der Waals surface area (Å²) in [5.41, 5.74) is 0.773. The minimum absolute atomic E-state index is 0.134. The Labute approximate surface area is 182 Å². The van der Waals surface area contributed by atoms with Gasteiger partial charge in [0.2, 0.25) is 5.95 Å². The Bertz CT molecular complexity index is 935. The maximum atomic E-state index is 12.4. The van der Waals surface area contributed by atoms with Crippen molar-refractivity contribution in [3.8, 4) is 0 Å². The first-order valence-electron chi connectivity index (χ1n) is 9.67. The van der Waals surface area contributed by atoms with Gasteiger partial charge in [-0.25, -0.2) is 13.9 Å². The van der Waals surface area contributed by atoms with Crippen LogP contribution in [0.4, 0.5) is 17.5 Å². The van der Waals surface area contributed by atoms with Crippen molar-refractivity contribution in [1.29, 1.82) is 0 Å². The summed E-state index contributed by atoms with van der Waals surface area (Å²) in [6, 6.07) is -0.269. The smallest absolute Gasteiger partial charge is 0.229 e. The lowest BCUT2D eigenvalue weighted by atomic mass is 10.1. The summed E-state index contributed by atoms with van der Waals surface area (Å²) in [7, 11) is 0.634. The number of ether oxygens (including phenoxy) is 2. The van der Waals surface area contributed by atoms with E-state index in [2.05, 4.69) is 30.4 Å². The molecule has 164 valence electrons. The second-order valence-corrected chi connectivity index (χ2v) is 10.8. The van der Waals surface area contributed by atoms with E-state index in [4.69, 9.17) is 21.1 Å². The molecular formula is C18H26ClN7O3S. The number of aryl methyl sites for hydroxylation is 1. The number of aromatic nitrogens is 4. The van der Waals surface area contributed by atoms with Gasteiger partial charge in [-0.15, -0.1) is 0 Å². The molecule has 3 unspecified atom stereocenters. The SMILES string of the molecule is Cn1cc(Nc2ncc(Cl)c(N[C@@H]3COC4C3OC[C@@H]4NS(=O)C(C)(C)C)n2)cn1. The first-order chi connectivity index (χ1) is 14.2. The highest BCUT2D eigenvalue weighted by atomic mass is 35.5. The summed E-state index contributed by atoms with van der Waals surface area (Å²) in [5, 5.41) is 10.9. The molecule has 30 heavy (non-hydrogen) atoms. The van der Waals surface area contributed by atoms with E-state index in [1.165, 1.54) is 6.20 Å². The van der Waals surface area contributed by atoms with Crippen molar-refractivity contribution in [2.75, 3.05) is 23.8 Å². The Morgan fingerprint density at radius 1 is 1.20 bits per heavy atom. The Kier molecular flexibility index (Phi) is 5.99. The van der Waals surface area contributed by atoms with E-state index in [0.717, 1.165) is 5.69 Å². The number of rotatable bonds is 6. The van der Waals surface area contributed by atoms with Gasteiger partial charge in [-0.1, -0.05) is 11.6 Å². The van der Waals surface area contributed by atoms with Crippen molar-refractivity contribution in [2.24, 2.45) is 7.05 Å². The second kappa shape index (κ2) is 8.39. The van der Waals surface area contributed by atoms with Crippen LogP contribution in [0.15, 0.2) is 18.6 Å². The zero-order valence-corrected chi connectivity index (χ0v) is 18.8. The maximum absolute atomic E-state index is 12.4. The van der Waals surface area contributed by atoms with Crippen molar-refractivity contribution in [3.05, 3.63) is 23.6 Å². The summed E-state index contributed by atoms with van der Waals surface area (Å²) < 4.78 is 28.8. The summed E-state index contributed by atoms with van der Waals surface area (Å²) in [4.78, 5) is 8.69. The third-order valence-electron chi connectivity index (χ3n) is 4.90. The van der Waals surface area contributed by atoms with Crippen LogP contribution in [0.25, 0.3) is 0 Å². The zero-order valence-electron chi connectivity index (χ0n) is 17.3. The van der Waals surface area contributed by atoms with Crippen LogP contribution in [0.2, 0.25) is 5.02 Å². The number of anilines is 3. The third-order valence-corrected chi connectivity index (χ3v) is 6.80. The van der Waals surface area contributed by atoms with Crippen molar-refractivity contribution in [3.63, 3.8) is 0 Å². The number of nitrogens with one attached hydrogen (secondary N) is 3. The topological polar surface area (TPSA) is 115 Å². The Hall–Kier alpha value is -1.79. The van der Waals surface area contributed by atoms with Gasteiger partial charge in [0.15, 0.2) is 5.82 Å². The molecule has 0 aromatic carbocycles. The molecule has 2 aromatic heterocycles. The molecule has 3 N–H and O–H groups in total. The summed E-state index contributed by atoms with van der Waals surface area (Å²) >= 11 is 6.31. The minimum atomic E-state index is -1.20. The van der Waals surface area contributed by atoms with E-state index in [0.29, 0.717) is 30.0 Å². The van der Waals surface area contributed by atoms with Gasteiger partial charge in [-0.2, -0.15) is 10.1 Å². The molecule has 2 saturated heterocycles. The largest absolute Gasteiger partial charge is 0.371 e. The fourth-order valence-corrected chi connectivity index (χ4v) is 4.33. The molecule has 0 bridgehead atoms. The van der Waals surface area contributed by atoms with Crippen LogP contribution in [0.5, 0.6) is 0 Å². The van der Waals surface area contributed by atoms with E-state index in [1.54, 1.807) is 10.9 Å². The predicted octanol–water partition coefficient (Wildman–Crippen LogP) is 1.61. The third kappa shape index (κ3) is 4.59. The molecule has 4 rings (SSSR count). The molecule has 0 radical (unpaired) electrons. The number of fused-ring (bicyclic) bond motifs is 1. The van der Waals surface area contributed by atoms with Gasteiger partial charge in [0, 0.05) is 13.2 Å². The first kappa shape index (κ1) is 21.4. The molecule has 0 aliphatic carbocycles. The van der Waals surface area contributed by atoms with Crippen molar-refractivity contribution in [1.82, 2.24) is 24.5 Å². The molecule has 10 nitrogen and oxygen atoms in total. The fourth-order valence-electron chi connectivity index (χ4n) is 3.36. The van der Waals surface area contributed by atoms with E-state index in [-0.39, 0.29) is 29.0 Å². The summed E-state index contributed by atoms with van der Waals surface area (Å²) in [6.45, 7) is 6.65. The van der Waals surface area contributed by atoms with Crippen LogP contribution in [-0.4, -0.2) is 66.2 Å². The summed E-state index contributed by atoms with van der Waals surface area (Å²) in [6.07, 6.45) is 4.65. The molecule has 2 aliphatic heterocycles. The van der Waals surface area contributed by atoms with Gasteiger partial charge < -0.3 is 20.1 Å². The number of hydrogen-bond donors (Lipinski definition) is 3. The minimum Gasteiger partial charge on any atom is -0.371 e. The molecule has 12 heteroatoms. The average molecular weight is 456 g/mol. The Morgan fingerprint density at radius 2 is 1.90 bits per heavy atom. The van der Waals surface area contributed by atoms with Crippen LogP contribution in [0.3, 0.4) is 0 Å². The van der Waals surface area contributed by atoms with Crippen molar-refractivity contribution in [2.45, 2.75) is 49.8 Å². The lowest BCUT2D eigenvalue weighted by molar-refractivity contribution is 0.0691. The number of hydrogen-bond acceptors (Lipinski definition) is 8. The van der Waals surface area contributed by atoms with Gasteiger partial charge >= 0.3 is 0 Å². The van der Waals surface area contributed by atoms with Crippen LogP contribution in [-0.2, 0) is 27.5 Å². The highest BCUT2D eigenvalue weighted by molar-refractivity contribution is 7.84. The monoisotopic (exact) mass is 455 g/mol. The molecule has 4 heterocycles. The van der Waals surface area contributed by atoms with Crippen molar-refractivity contribution < 1.29 is 13.7 Å². The van der Waals surface area contributed by atoms with Gasteiger partial charge in [0.1, 0.15) is 17.2 Å². The molecule has 2 fully saturated rings. The van der Waals surface area contributed by atoms with E-state index in [1.807, 2.05) is 34.0 Å². The highest BCUT2D eigenvalue weighted by Gasteiger charge is 2.48. The van der Waals surface area contributed by atoms with Gasteiger partial charge in [0.25, 0.3) is 0 Å². The number of halogens is 1. The normalized spacial score (nSPS) is 27.1. The Balaban J connectivity index is 1.42. The van der Waals surface area contributed by atoms with Gasteiger partial charge in [-0.3, -0.25) is 4.68 Å².